The van der Waals surface area contributed by atoms with Crippen LogP contribution in [0, 0.1) is 0 Å². The molecule has 0 amide bonds. The van der Waals surface area contributed by atoms with E-state index in [0.29, 0.717) is 0 Å². The fraction of sp³-hybridized carbons (Fsp3) is 0.250. The van der Waals surface area contributed by atoms with Crippen LogP contribution in [0.1, 0.15) is 23.5 Å². The molecule has 1 N–H and O–H groups in total. The first-order chi connectivity index (χ1) is 8.88. The SMILES string of the molecule is CC(Nc1cc(C(F)(F)F)ccc1Cl)c1nccs1. The van der Waals surface area contributed by atoms with Crippen molar-refractivity contribution >= 4 is 28.6 Å². The van der Waals surface area contributed by atoms with Crippen LogP contribution in [0.4, 0.5) is 18.9 Å². The van der Waals surface area contributed by atoms with Crippen LogP contribution in [0.3, 0.4) is 0 Å². The van der Waals surface area contributed by atoms with E-state index in [1.807, 2.05) is 6.92 Å². The summed E-state index contributed by atoms with van der Waals surface area (Å²) in [6.07, 6.45) is -2.74. The molecule has 0 radical (unpaired) electrons. The van der Waals surface area contributed by atoms with Crippen molar-refractivity contribution in [2.24, 2.45) is 0 Å². The van der Waals surface area contributed by atoms with Gasteiger partial charge in [0.1, 0.15) is 5.01 Å². The van der Waals surface area contributed by atoms with Crippen molar-refractivity contribution in [3.63, 3.8) is 0 Å². The van der Waals surface area contributed by atoms with Gasteiger partial charge in [-0.15, -0.1) is 11.3 Å². The first kappa shape index (κ1) is 14.1. The highest BCUT2D eigenvalue weighted by Crippen LogP contribution is 2.35. The van der Waals surface area contributed by atoms with Crippen LogP contribution in [0.15, 0.2) is 29.8 Å². The number of rotatable bonds is 3. The Morgan fingerprint density at radius 2 is 2.11 bits per heavy atom. The molecular weight excluding hydrogens is 297 g/mol. The molecule has 2 aromatic rings. The van der Waals surface area contributed by atoms with E-state index in [0.717, 1.165) is 17.1 Å². The van der Waals surface area contributed by atoms with E-state index in [4.69, 9.17) is 11.6 Å². The molecule has 0 saturated carbocycles. The second-order valence-corrected chi connectivity index (χ2v) is 5.26. The minimum Gasteiger partial charge on any atom is -0.375 e. The highest BCUT2D eigenvalue weighted by Gasteiger charge is 2.31. The molecule has 19 heavy (non-hydrogen) atoms. The van der Waals surface area contributed by atoms with E-state index in [-0.39, 0.29) is 16.8 Å². The Morgan fingerprint density at radius 1 is 1.37 bits per heavy atom. The van der Waals surface area contributed by atoms with Gasteiger partial charge in [-0.3, -0.25) is 0 Å². The Balaban J connectivity index is 2.25. The summed E-state index contributed by atoms with van der Waals surface area (Å²) in [6, 6.07) is 3.00. The second kappa shape index (κ2) is 5.38. The zero-order chi connectivity index (χ0) is 14.0. The van der Waals surface area contributed by atoms with Crippen LogP contribution in [0.2, 0.25) is 5.02 Å². The van der Waals surface area contributed by atoms with Crippen LogP contribution in [-0.2, 0) is 6.18 Å². The average molecular weight is 307 g/mol. The number of nitrogens with zero attached hydrogens (tertiary/aromatic N) is 1. The van der Waals surface area contributed by atoms with Crippen LogP contribution in [0.25, 0.3) is 0 Å². The lowest BCUT2D eigenvalue weighted by Gasteiger charge is -2.16. The lowest BCUT2D eigenvalue weighted by Crippen LogP contribution is -2.09. The lowest BCUT2D eigenvalue weighted by molar-refractivity contribution is -0.137. The van der Waals surface area contributed by atoms with Gasteiger partial charge in [-0.1, -0.05) is 11.6 Å². The number of alkyl halides is 3. The maximum absolute atomic E-state index is 12.6. The summed E-state index contributed by atoms with van der Waals surface area (Å²) in [4.78, 5) is 4.10. The Labute approximate surface area is 117 Å². The average Bonchev–Trinajstić information content (AvgIpc) is 2.84. The zero-order valence-electron chi connectivity index (χ0n) is 9.83. The number of benzene rings is 1. The largest absolute Gasteiger partial charge is 0.416 e. The van der Waals surface area contributed by atoms with Gasteiger partial charge < -0.3 is 5.32 Å². The van der Waals surface area contributed by atoms with Crippen molar-refractivity contribution in [2.75, 3.05) is 5.32 Å². The molecule has 2 rings (SSSR count). The van der Waals surface area contributed by atoms with Gasteiger partial charge >= 0.3 is 6.18 Å². The molecule has 0 fully saturated rings. The highest BCUT2D eigenvalue weighted by atomic mass is 35.5. The van der Waals surface area contributed by atoms with Gasteiger partial charge in [0.2, 0.25) is 0 Å². The van der Waals surface area contributed by atoms with E-state index in [1.54, 1.807) is 11.6 Å². The number of hydrogen-bond donors (Lipinski definition) is 1. The zero-order valence-corrected chi connectivity index (χ0v) is 11.4. The third-order valence-electron chi connectivity index (χ3n) is 2.49. The standard InChI is InChI=1S/C12H10ClF3N2S/c1-7(11-17-4-5-19-11)18-10-6-8(12(14,15)16)2-3-9(10)13/h2-7,18H,1H3. The molecule has 0 aliphatic carbocycles. The third-order valence-corrected chi connectivity index (χ3v) is 3.78. The van der Waals surface area contributed by atoms with Crippen LogP contribution in [0.5, 0.6) is 0 Å². The van der Waals surface area contributed by atoms with E-state index in [1.165, 1.54) is 17.4 Å². The molecule has 1 aromatic heterocycles. The van der Waals surface area contributed by atoms with Gasteiger partial charge in [0.05, 0.1) is 22.3 Å². The number of thiazole rings is 1. The van der Waals surface area contributed by atoms with E-state index in [9.17, 15) is 13.2 Å². The van der Waals surface area contributed by atoms with Crippen LogP contribution < -0.4 is 5.32 Å². The van der Waals surface area contributed by atoms with Crippen molar-refractivity contribution in [2.45, 2.75) is 19.1 Å². The number of halogens is 4. The monoisotopic (exact) mass is 306 g/mol. The Kier molecular flexibility index (Phi) is 4.01. The summed E-state index contributed by atoms with van der Waals surface area (Å²) in [6.45, 7) is 1.81. The first-order valence-electron chi connectivity index (χ1n) is 5.40. The molecule has 1 aromatic carbocycles. The Bertz CT molecular complexity index is 555. The summed E-state index contributed by atoms with van der Waals surface area (Å²) < 4.78 is 37.9. The minimum absolute atomic E-state index is 0.207. The molecule has 1 atom stereocenters. The molecule has 1 unspecified atom stereocenters. The Morgan fingerprint density at radius 3 is 2.68 bits per heavy atom. The van der Waals surface area contributed by atoms with Gasteiger partial charge in [-0.05, 0) is 25.1 Å². The highest BCUT2D eigenvalue weighted by molar-refractivity contribution is 7.09. The topological polar surface area (TPSA) is 24.9 Å². The normalized spacial score (nSPS) is 13.3. The van der Waals surface area contributed by atoms with Crippen molar-refractivity contribution in [3.05, 3.63) is 45.4 Å². The summed E-state index contributed by atoms with van der Waals surface area (Å²) in [5.41, 5.74) is -0.482. The quantitative estimate of drug-likeness (QED) is 0.864. The third kappa shape index (κ3) is 3.39. The minimum atomic E-state index is -4.38. The van der Waals surface area contributed by atoms with Crippen molar-refractivity contribution in [1.82, 2.24) is 4.98 Å². The van der Waals surface area contributed by atoms with Crippen molar-refractivity contribution in [1.29, 1.82) is 0 Å². The van der Waals surface area contributed by atoms with Crippen LogP contribution >= 0.6 is 22.9 Å². The van der Waals surface area contributed by atoms with Gasteiger partial charge in [0, 0.05) is 11.6 Å². The van der Waals surface area contributed by atoms with Gasteiger partial charge in [-0.25, -0.2) is 4.98 Å². The fourth-order valence-electron chi connectivity index (χ4n) is 1.56. The van der Waals surface area contributed by atoms with Crippen molar-refractivity contribution < 1.29 is 13.2 Å². The number of hydrogen-bond acceptors (Lipinski definition) is 3. The summed E-state index contributed by atoms with van der Waals surface area (Å²) >= 11 is 7.33. The molecule has 2 nitrogen and oxygen atoms in total. The molecule has 0 saturated heterocycles. The van der Waals surface area contributed by atoms with Gasteiger partial charge in [0.15, 0.2) is 0 Å². The predicted octanol–water partition coefficient (Wildman–Crippen LogP) is 4.99. The molecule has 0 aliphatic rings. The number of aromatic nitrogens is 1. The maximum atomic E-state index is 12.6. The van der Waals surface area contributed by atoms with Crippen molar-refractivity contribution in [3.8, 4) is 0 Å². The lowest BCUT2D eigenvalue weighted by atomic mass is 10.2. The number of anilines is 1. The van der Waals surface area contributed by atoms with E-state index >= 15 is 0 Å². The molecule has 102 valence electrons. The summed E-state index contributed by atoms with van der Waals surface area (Å²) in [5, 5.41) is 5.78. The molecule has 1 heterocycles. The molecular formula is C12H10ClF3N2S. The maximum Gasteiger partial charge on any atom is 0.416 e. The first-order valence-corrected chi connectivity index (χ1v) is 6.66. The summed E-state index contributed by atoms with van der Waals surface area (Å²) in [7, 11) is 0. The fourth-order valence-corrected chi connectivity index (χ4v) is 2.37. The predicted molar refractivity (Wildman–Crippen MR) is 70.6 cm³/mol. The molecule has 0 aliphatic heterocycles. The van der Waals surface area contributed by atoms with E-state index < -0.39 is 11.7 Å². The molecule has 0 bridgehead atoms. The second-order valence-electron chi connectivity index (χ2n) is 3.93. The number of nitrogens with one attached hydrogen (secondary N) is 1. The van der Waals surface area contributed by atoms with Crippen LogP contribution in [-0.4, -0.2) is 4.98 Å². The Hall–Kier alpha value is -1.27. The molecule has 0 spiro atoms. The molecule has 7 heteroatoms. The van der Waals surface area contributed by atoms with Gasteiger partial charge in [-0.2, -0.15) is 13.2 Å². The van der Waals surface area contributed by atoms with E-state index in [2.05, 4.69) is 10.3 Å². The summed E-state index contributed by atoms with van der Waals surface area (Å²) in [5.74, 6) is 0. The van der Waals surface area contributed by atoms with Gasteiger partial charge in [0.25, 0.3) is 0 Å². The smallest absolute Gasteiger partial charge is 0.375 e.